The van der Waals surface area contributed by atoms with Crippen molar-refractivity contribution in [2.75, 3.05) is 14.1 Å². The number of likely N-dealkylation sites (N-methyl/N-ethyl adjacent to an activating group) is 2. The minimum atomic E-state index is -0.692. The molecule has 0 saturated carbocycles. The van der Waals surface area contributed by atoms with Gasteiger partial charge in [-0.3, -0.25) is 19.4 Å². The average Bonchev–Trinajstić information content (AvgIpc) is 3.04. The number of barbiturate groups is 1. The van der Waals surface area contributed by atoms with Crippen LogP contribution in [-0.4, -0.2) is 41.7 Å². The van der Waals surface area contributed by atoms with Gasteiger partial charge in [-0.15, -0.1) is 0 Å². The highest BCUT2D eigenvalue weighted by molar-refractivity contribution is 6.30. The van der Waals surface area contributed by atoms with Gasteiger partial charge < -0.3 is 4.42 Å². The third kappa shape index (κ3) is 2.60. The second kappa shape index (κ2) is 5.77. The Morgan fingerprint density at radius 3 is 2.08 bits per heavy atom. The lowest BCUT2D eigenvalue weighted by atomic mass is 10.1. The highest BCUT2D eigenvalue weighted by Crippen LogP contribution is 2.25. The number of hydrogen-bond donors (Lipinski definition) is 0. The maximum absolute atomic E-state index is 13.0. The van der Waals surface area contributed by atoms with Crippen molar-refractivity contribution in [1.29, 1.82) is 0 Å². The number of nitrogens with zero attached hydrogens (tertiary/aromatic N) is 2. The maximum atomic E-state index is 13.0. The molecule has 6 nitrogen and oxygen atoms in total. The summed E-state index contributed by atoms with van der Waals surface area (Å²) in [5.41, 5.74) is 0.492. The van der Waals surface area contributed by atoms with Gasteiger partial charge in [-0.2, -0.15) is 0 Å². The van der Waals surface area contributed by atoms with Crippen LogP contribution in [0.25, 0.3) is 17.4 Å². The zero-order valence-electron chi connectivity index (χ0n) is 12.9. The molecule has 2 aromatic rings. The first kappa shape index (κ1) is 15.7. The van der Waals surface area contributed by atoms with Crippen molar-refractivity contribution >= 4 is 23.9 Å². The van der Waals surface area contributed by atoms with E-state index < -0.39 is 17.8 Å². The van der Waals surface area contributed by atoms with Gasteiger partial charge >= 0.3 is 6.03 Å². The molecule has 0 atom stereocenters. The lowest BCUT2D eigenvalue weighted by molar-refractivity contribution is -0.134. The quantitative estimate of drug-likeness (QED) is 0.627. The summed E-state index contributed by atoms with van der Waals surface area (Å²) in [6.45, 7) is 0. The normalized spacial score (nSPS) is 15.3. The molecule has 2 heterocycles. The van der Waals surface area contributed by atoms with Crippen molar-refractivity contribution in [2.45, 2.75) is 0 Å². The smallest absolute Gasteiger partial charge is 0.333 e. The summed E-state index contributed by atoms with van der Waals surface area (Å²) in [4.78, 5) is 37.6. The SMILES string of the molecule is CN1C(=O)C(=Cc2ccc(-c3ccc(F)cc3)o2)C(=O)N(C)C1=O. The summed E-state index contributed by atoms with van der Waals surface area (Å²) >= 11 is 0. The van der Waals surface area contributed by atoms with Crippen molar-refractivity contribution in [3.63, 3.8) is 0 Å². The van der Waals surface area contributed by atoms with Gasteiger partial charge in [0.05, 0.1) is 0 Å². The molecule has 3 rings (SSSR count). The van der Waals surface area contributed by atoms with Gasteiger partial charge in [0.15, 0.2) is 0 Å². The number of furan rings is 1. The van der Waals surface area contributed by atoms with Crippen LogP contribution >= 0.6 is 0 Å². The Bertz CT molecular complexity index is 841. The number of rotatable bonds is 2. The number of carbonyl (C=O) groups is 3. The van der Waals surface area contributed by atoms with Crippen LogP contribution in [0.3, 0.4) is 0 Å². The van der Waals surface area contributed by atoms with E-state index in [4.69, 9.17) is 4.42 Å². The molecule has 0 radical (unpaired) electrons. The molecule has 1 aromatic carbocycles. The lowest BCUT2D eigenvalue weighted by Crippen LogP contribution is -2.52. The predicted octanol–water partition coefficient (Wildman–Crippen LogP) is 2.52. The number of amides is 4. The van der Waals surface area contributed by atoms with Gasteiger partial charge in [0.25, 0.3) is 11.8 Å². The van der Waals surface area contributed by atoms with Crippen molar-refractivity contribution in [3.8, 4) is 11.3 Å². The number of hydrogen-bond acceptors (Lipinski definition) is 4. The van der Waals surface area contributed by atoms with E-state index in [2.05, 4.69) is 0 Å². The molecule has 0 spiro atoms. The van der Waals surface area contributed by atoms with Crippen LogP contribution in [0.5, 0.6) is 0 Å². The molecule has 4 amide bonds. The molecular weight excluding hydrogens is 315 g/mol. The molecule has 1 saturated heterocycles. The van der Waals surface area contributed by atoms with Gasteiger partial charge in [0, 0.05) is 19.7 Å². The van der Waals surface area contributed by atoms with Crippen LogP contribution < -0.4 is 0 Å². The largest absolute Gasteiger partial charge is 0.457 e. The Hall–Kier alpha value is -3.22. The minimum Gasteiger partial charge on any atom is -0.457 e. The molecule has 1 aliphatic rings. The Kier molecular flexibility index (Phi) is 3.76. The molecule has 1 aliphatic heterocycles. The minimum absolute atomic E-state index is 0.167. The first-order valence-electron chi connectivity index (χ1n) is 7.06. The summed E-state index contributed by atoms with van der Waals surface area (Å²) < 4.78 is 18.5. The monoisotopic (exact) mass is 328 g/mol. The van der Waals surface area contributed by atoms with Crippen LogP contribution in [-0.2, 0) is 9.59 Å². The van der Waals surface area contributed by atoms with Crippen molar-refractivity contribution < 1.29 is 23.2 Å². The van der Waals surface area contributed by atoms with Crippen LogP contribution in [0.15, 0.2) is 46.4 Å². The number of carbonyl (C=O) groups excluding carboxylic acids is 3. The van der Waals surface area contributed by atoms with E-state index in [1.807, 2.05) is 0 Å². The Morgan fingerprint density at radius 1 is 0.917 bits per heavy atom. The number of imide groups is 2. The summed E-state index contributed by atoms with van der Waals surface area (Å²) in [6, 6.07) is 8.27. The van der Waals surface area contributed by atoms with E-state index in [9.17, 15) is 18.8 Å². The Balaban J connectivity index is 1.94. The lowest BCUT2D eigenvalue weighted by Gasteiger charge is -2.28. The summed E-state index contributed by atoms with van der Waals surface area (Å²) in [5.74, 6) is -0.995. The zero-order chi connectivity index (χ0) is 17.4. The van der Waals surface area contributed by atoms with Gasteiger partial charge in [-0.05, 0) is 42.5 Å². The molecule has 7 heteroatoms. The summed E-state index contributed by atoms with van der Waals surface area (Å²) in [7, 11) is 2.60. The summed E-state index contributed by atoms with van der Waals surface area (Å²) in [5, 5.41) is 0. The fraction of sp³-hybridized carbons (Fsp3) is 0.118. The molecule has 0 aliphatic carbocycles. The highest BCUT2D eigenvalue weighted by atomic mass is 19.1. The predicted molar refractivity (Wildman–Crippen MR) is 83.0 cm³/mol. The number of urea groups is 1. The fourth-order valence-electron chi connectivity index (χ4n) is 2.32. The van der Waals surface area contributed by atoms with Gasteiger partial charge in [0.2, 0.25) is 0 Å². The second-order valence-electron chi connectivity index (χ2n) is 5.28. The number of benzene rings is 1. The topological polar surface area (TPSA) is 70.8 Å². The second-order valence-corrected chi connectivity index (χ2v) is 5.28. The van der Waals surface area contributed by atoms with Gasteiger partial charge in [-0.1, -0.05) is 0 Å². The van der Waals surface area contributed by atoms with Gasteiger partial charge in [0.1, 0.15) is 22.9 Å². The average molecular weight is 328 g/mol. The molecular formula is C17H13FN2O4. The fourth-order valence-corrected chi connectivity index (χ4v) is 2.32. The van der Waals surface area contributed by atoms with E-state index in [0.29, 0.717) is 11.3 Å². The third-order valence-electron chi connectivity index (χ3n) is 3.69. The molecule has 0 N–H and O–H groups in total. The molecule has 0 unspecified atom stereocenters. The number of halogens is 1. The first-order chi connectivity index (χ1) is 11.4. The van der Waals surface area contributed by atoms with E-state index >= 15 is 0 Å². The third-order valence-corrected chi connectivity index (χ3v) is 3.69. The zero-order valence-corrected chi connectivity index (χ0v) is 12.9. The van der Waals surface area contributed by atoms with E-state index in [-0.39, 0.29) is 17.2 Å². The van der Waals surface area contributed by atoms with Crippen LogP contribution in [0.4, 0.5) is 9.18 Å². The summed E-state index contributed by atoms with van der Waals surface area (Å²) in [6.07, 6.45) is 1.29. The van der Waals surface area contributed by atoms with Crippen LogP contribution in [0.2, 0.25) is 0 Å². The molecule has 24 heavy (non-hydrogen) atoms. The molecule has 0 bridgehead atoms. The van der Waals surface area contributed by atoms with Crippen LogP contribution in [0, 0.1) is 5.82 Å². The van der Waals surface area contributed by atoms with E-state index in [1.54, 1.807) is 24.3 Å². The molecule has 1 aromatic heterocycles. The van der Waals surface area contributed by atoms with E-state index in [1.165, 1.54) is 32.3 Å². The maximum Gasteiger partial charge on any atom is 0.333 e. The van der Waals surface area contributed by atoms with E-state index in [0.717, 1.165) is 9.80 Å². The molecule has 122 valence electrons. The first-order valence-corrected chi connectivity index (χ1v) is 7.06. The van der Waals surface area contributed by atoms with Crippen molar-refractivity contribution in [3.05, 3.63) is 53.5 Å². The highest BCUT2D eigenvalue weighted by Gasteiger charge is 2.38. The van der Waals surface area contributed by atoms with Crippen molar-refractivity contribution in [1.82, 2.24) is 9.80 Å². The van der Waals surface area contributed by atoms with Gasteiger partial charge in [-0.25, -0.2) is 9.18 Å². The standard InChI is InChI=1S/C17H13FN2O4/c1-19-15(21)13(16(22)20(2)17(19)23)9-12-7-8-14(24-12)10-3-5-11(18)6-4-10/h3-9H,1-2H3. The van der Waals surface area contributed by atoms with Crippen LogP contribution in [0.1, 0.15) is 5.76 Å². The Labute approximate surface area is 136 Å². The van der Waals surface area contributed by atoms with Crippen molar-refractivity contribution in [2.24, 2.45) is 0 Å². The molecule has 1 fully saturated rings. The Morgan fingerprint density at radius 2 is 1.50 bits per heavy atom.